The van der Waals surface area contributed by atoms with Crippen LogP contribution in [-0.4, -0.2) is 0 Å². The van der Waals surface area contributed by atoms with Crippen molar-refractivity contribution in [3.63, 3.8) is 0 Å². The van der Waals surface area contributed by atoms with Crippen molar-refractivity contribution in [1.82, 2.24) is 0 Å². The third kappa shape index (κ3) is 3.97. The first kappa shape index (κ1) is 14.4. The Morgan fingerprint density at radius 2 is 1.00 bits per heavy atom. The van der Waals surface area contributed by atoms with E-state index in [4.69, 9.17) is 27.9 Å². The van der Waals surface area contributed by atoms with Gasteiger partial charge in [-0.2, -0.15) is 0 Å². The highest BCUT2D eigenvalue weighted by Crippen LogP contribution is 2.27. The van der Waals surface area contributed by atoms with Crippen molar-refractivity contribution in [1.29, 1.82) is 0 Å². The molecule has 0 spiro atoms. The van der Waals surface area contributed by atoms with Crippen LogP contribution in [0.15, 0.2) is 48.5 Å². The van der Waals surface area contributed by atoms with Crippen molar-refractivity contribution in [2.75, 3.05) is 0 Å². The van der Waals surface area contributed by atoms with Gasteiger partial charge < -0.3 is 4.74 Å². The van der Waals surface area contributed by atoms with Crippen LogP contribution in [0.3, 0.4) is 0 Å². The molecule has 100 valence electrons. The number of rotatable bonds is 4. The zero-order valence-electron chi connectivity index (χ0n) is 10.9. The summed E-state index contributed by atoms with van der Waals surface area (Å²) in [6.45, 7) is 4.07. The predicted molar refractivity (Wildman–Crippen MR) is 80.8 cm³/mol. The molecule has 0 aliphatic rings. The summed E-state index contributed by atoms with van der Waals surface area (Å²) in [5.74, 6) is 0. The molecule has 2 rings (SSSR count). The molecule has 0 unspecified atom stereocenters. The van der Waals surface area contributed by atoms with E-state index >= 15 is 0 Å². The van der Waals surface area contributed by atoms with E-state index < -0.39 is 0 Å². The van der Waals surface area contributed by atoms with E-state index in [0.29, 0.717) is 0 Å². The zero-order chi connectivity index (χ0) is 13.8. The fraction of sp³-hybridized carbons (Fsp3) is 0.250. The van der Waals surface area contributed by atoms with Crippen LogP contribution in [0.4, 0.5) is 0 Å². The highest BCUT2D eigenvalue weighted by molar-refractivity contribution is 6.30. The van der Waals surface area contributed by atoms with E-state index in [2.05, 4.69) is 0 Å². The van der Waals surface area contributed by atoms with Gasteiger partial charge >= 0.3 is 0 Å². The molecule has 3 heteroatoms. The van der Waals surface area contributed by atoms with Gasteiger partial charge in [-0.15, -0.1) is 0 Å². The Kier molecular flexibility index (Phi) is 4.87. The lowest BCUT2D eigenvalue weighted by molar-refractivity contribution is 0.00587. The van der Waals surface area contributed by atoms with Crippen LogP contribution in [0, 0.1) is 0 Å². The molecule has 2 aromatic carbocycles. The maximum absolute atomic E-state index is 6.02. The first-order chi connectivity index (χ1) is 9.06. The van der Waals surface area contributed by atoms with Crippen LogP contribution in [0.2, 0.25) is 10.0 Å². The summed E-state index contributed by atoms with van der Waals surface area (Å²) in [7, 11) is 0. The Bertz CT molecular complexity index is 470. The van der Waals surface area contributed by atoms with Gasteiger partial charge in [0.05, 0.1) is 12.2 Å². The van der Waals surface area contributed by atoms with E-state index in [1.54, 1.807) is 0 Å². The van der Waals surface area contributed by atoms with Crippen LogP contribution in [0.1, 0.15) is 37.2 Å². The SMILES string of the molecule is C[C@@H](O[C@H](C)c1ccc(Cl)cc1)c1ccc(Cl)cc1. The molecule has 0 saturated heterocycles. The summed E-state index contributed by atoms with van der Waals surface area (Å²) in [6.07, 6.45) is 0.0332. The van der Waals surface area contributed by atoms with Gasteiger partial charge in [-0.3, -0.25) is 0 Å². The molecular formula is C16H16Cl2O. The normalized spacial score (nSPS) is 14.1. The molecule has 0 aromatic heterocycles. The van der Waals surface area contributed by atoms with Gasteiger partial charge in [0.25, 0.3) is 0 Å². The molecule has 19 heavy (non-hydrogen) atoms. The van der Waals surface area contributed by atoms with Gasteiger partial charge in [-0.1, -0.05) is 47.5 Å². The molecule has 0 radical (unpaired) electrons. The van der Waals surface area contributed by atoms with Crippen LogP contribution in [-0.2, 0) is 4.74 Å². The highest BCUT2D eigenvalue weighted by Gasteiger charge is 2.12. The van der Waals surface area contributed by atoms with Crippen molar-refractivity contribution in [2.24, 2.45) is 0 Å². The molecular weight excluding hydrogens is 279 g/mol. The van der Waals surface area contributed by atoms with E-state index in [9.17, 15) is 0 Å². The summed E-state index contributed by atoms with van der Waals surface area (Å²) < 4.78 is 6.02. The Morgan fingerprint density at radius 3 is 1.32 bits per heavy atom. The first-order valence-electron chi connectivity index (χ1n) is 6.22. The first-order valence-corrected chi connectivity index (χ1v) is 6.98. The molecule has 0 fully saturated rings. The summed E-state index contributed by atoms with van der Waals surface area (Å²) in [4.78, 5) is 0. The van der Waals surface area contributed by atoms with Crippen molar-refractivity contribution < 1.29 is 4.74 Å². The Labute approximate surface area is 124 Å². The van der Waals surface area contributed by atoms with Crippen LogP contribution in [0.25, 0.3) is 0 Å². The number of benzene rings is 2. The lowest BCUT2D eigenvalue weighted by atomic mass is 10.1. The van der Waals surface area contributed by atoms with Gasteiger partial charge in [0.1, 0.15) is 0 Å². The lowest BCUT2D eigenvalue weighted by Gasteiger charge is -2.20. The van der Waals surface area contributed by atoms with Crippen LogP contribution >= 0.6 is 23.2 Å². The van der Waals surface area contributed by atoms with Crippen molar-refractivity contribution in [3.05, 3.63) is 69.7 Å². The fourth-order valence-corrected chi connectivity index (χ4v) is 2.18. The van der Waals surface area contributed by atoms with Gasteiger partial charge in [0, 0.05) is 10.0 Å². The van der Waals surface area contributed by atoms with E-state index in [1.165, 1.54) is 0 Å². The van der Waals surface area contributed by atoms with Gasteiger partial charge in [-0.05, 0) is 49.2 Å². The van der Waals surface area contributed by atoms with Gasteiger partial charge in [0.2, 0.25) is 0 Å². The second-order valence-electron chi connectivity index (χ2n) is 4.52. The minimum atomic E-state index is 0.0166. The second kappa shape index (κ2) is 6.42. The molecule has 0 N–H and O–H groups in total. The number of hydrogen-bond donors (Lipinski definition) is 0. The van der Waals surface area contributed by atoms with E-state index in [0.717, 1.165) is 21.2 Å². The quantitative estimate of drug-likeness (QED) is 0.689. The van der Waals surface area contributed by atoms with Crippen LogP contribution < -0.4 is 0 Å². The Balaban J connectivity index is 2.03. The minimum absolute atomic E-state index is 0.0166. The maximum Gasteiger partial charge on any atom is 0.0805 e. The smallest absolute Gasteiger partial charge is 0.0805 e. The standard InChI is InChI=1S/C16H16Cl2O/c1-11(13-3-7-15(17)8-4-13)19-12(2)14-5-9-16(18)10-6-14/h3-12H,1-2H3/t11-,12-/m1/s1. The molecule has 2 atom stereocenters. The Morgan fingerprint density at radius 1 is 0.684 bits per heavy atom. The molecule has 1 nitrogen and oxygen atoms in total. The van der Waals surface area contributed by atoms with Crippen molar-refractivity contribution in [2.45, 2.75) is 26.1 Å². The molecule has 2 aromatic rings. The number of ether oxygens (including phenoxy) is 1. The summed E-state index contributed by atoms with van der Waals surface area (Å²) in [6, 6.07) is 15.5. The highest BCUT2D eigenvalue weighted by atomic mass is 35.5. The Hall–Kier alpha value is -1.02. The van der Waals surface area contributed by atoms with E-state index in [-0.39, 0.29) is 12.2 Å². The summed E-state index contributed by atoms with van der Waals surface area (Å²) in [5, 5.41) is 1.48. The third-order valence-corrected chi connectivity index (χ3v) is 3.59. The second-order valence-corrected chi connectivity index (χ2v) is 5.40. The maximum atomic E-state index is 6.02. The van der Waals surface area contributed by atoms with Crippen LogP contribution in [0.5, 0.6) is 0 Å². The summed E-state index contributed by atoms with van der Waals surface area (Å²) in [5.41, 5.74) is 2.23. The predicted octanol–water partition coefficient (Wildman–Crippen LogP) is 5.83. The molecule has 0 aliphatic carbocycles. The van der Waals surface area contributed by atoms with Crippen molar-refractivity contribution >= 4 is 23.2 Å². The number of hydrogen-bond acceptors (Lipinski definition) is 1. The minimum Gasteiger partial charge on any atom is -0.366 e. The molecule has 0 heterocycles. The fourth-order valence-electron chi connectivity index (χ4n) is 1.93. The van der Waals surface area contributed by atoms with Gasteiger partial charge in [-0.25, -0.2) is 0 Å². The largest absolute Gasteiger partial charge is 0.366 e. The average molecular weight is 295 g/mol. The average Bonchev–Trinajstić information content (AvgIpc) is 2.40. The molecule has 0 amide bonds. The molecule has 0 saturated carbocycles. The number of halogens is 2. The van der Waals surface area contributed by atoms with E-state index in [1.807, 2.05) is 62.4 Å². The van der Waals surface area contributed by atoms with Gasteiger partial charge in [0.15, 0.2) is 0 Å². The topological polar surface area (TPSA) is 9.23 Å². The monoisotopic (exact) mass is 294 g/mol. The van der Waals surface area contributed by atoms with Crippen molar-refractivity contribution in [3.8, 4) is 0 Å². The third-order valence-electron chi connectivity index (χ3n) is 3.09. The molecule has 0 aliphatic heterocycles. The zero-order valence-corrected chi connectivity index (χ0v) is 12.4. The summed E-state index contributed by atoms with van der Waals surface area (Å²) >= 11 is 11.8. The lowest BCUT2D eigenvalue weighted by Crippen LogP contribution is -2.05. The molecule has 0 bridgehead atoms.